The Balaban J connectivity index is 1.86. The van der Waals surface area contributed by atoms with Crippen molar-refractivity contribution in [2.24, 2.45) is 22.7 Å². The first kappa shape index (κ1) is 18.9. The van der Waals surface area contributed by atoms with Gasteiger partial charge in [-0.15, -0.1) is 0 Å². The smallest absolute Gasteiger partial charge is 0.302 e. The van der Waals surface area contributed by atoms with E-state index in [0.717, 1.165) is 44.9 Å². The molecule has 2 aliphatic rings. The van der Waals surface area contributed by atoms with Crippen molar-refractivity contribution in [1.82, 2.24) is 0 Å². The SMILES string of the molecule is C=C1CC[C@@H]2C(C)(COC(C)=O)CCC[C@@]2(C=O)[C@@H]1CCc1ccoc1. The lowest BCUT2D eigenvalue weighted by molar-refractivity contribution is -0.156. The number of rotatable bonds is 6. The van der Waals surface area contributed by atoms with Crippen molar-refractivity contribution in [3.63, 3.8) is 0 Å². The van der Waals surface area contributed by atoms with Gasteiger partial charge in [-0.2, -0.15) is 0 Å². The summed E-state index contributed by atoms with van der Waals surface area (Å²) < 4.78 is 10.6. The molecule has 4 heteroatoms. The number of hydrogen-bond donors (Lipinski definition) is 0. The zero-order valence-electron chi connectivity index (χ0n) is 16.0. The molecule has 0 bridgehead atoms. The number of ether oxygens (including phenoxy) is 1. The molecule has 3 rings (SSSR count). The van der Waals surface area contributed by atoms with E-state index in [0.29, 0.717) is 6.61 Å². The van der Waals surface area contributed by atoms with Crippen molar-refractivity contribution in [3.8, 4) is 0 Å². The molecule has 1 unspecified atom stereocenters. The molecule has 1 aromatic heterocycles. The first-order chi connectivity index (χ1) is 12.4. The summed E-state index contributed by atoms with van der Waals surface area (Å²) in [7, 11) is 0. The van der Waals surface area contributed by atoms with Crippen molar-refractivity contribution < 1.29 is 18.7 Å². The molecule has 0 aromatic carbocycles. The fourth-order valence-electron chi connectivity index (χ4n) is 5.60. The molecule has 0 spiro atoms. The Kier molecular flexibility index (Phi) is 5.40. The molecule has 2 aliphatic carbocycles. The number of aryl methyl sites for hydroxylation is 1. The maximum absolute atomic E-state index is 12.5. The number of allylic oxidation sites excluding steroid dienone is 1. The van der Waals surface area contributed by atoms with Crippen LogP contribution in [0.2, 0.25) is 0 Å². The summed E-state index contributed by atoms with van der Waals surface area (Å²) in [6.07, 6.45) is 11.3. The summed E-state index contributed by atoms with van der Waals surface area (Å²) in [4.78, 5) is 23.9. The van der Waals surface area contributed by atoms with Crippen LogP contribution in [0.3, 0.4) is 0 Å². The minimum absolute atomic E-state index is 0.139. The Morgan fingerprint density at radius 1 is 1.46 bits per heavy atom. The van der Waals surface area contributed by atoms with Crippen LogP contribution in [0.5, 0.6) is 0 Å². The van der Waals surface area contributed by atoms with Gasteiger partial charge in [0, 0.05) is 17.8 Å². The Labute approximate surface area is 156 Å². The van der Waals surface area contributed by atoms with Crippen molar-refractivity contribution in [1.29, 1.82) is 0 Å². The molecule has 2 saturated carbocycles. The van der Waals surface area contributed by atoms with Crippen LogP contribution < -0.4 is 0 Å². The number of carbonyl (C=O) groups excluding carboxylic acids is 2. The quantitative estimate of drug-likeness (QED) is 0.419. The van der Waals surface area contributed by atoms with Gasteiger partial charge in [0.1, 0.15) is 6.29 Å². The van der Waals surface area contributed by atoms with Crippen molar-refractivity contribution >= 4 is 12.3 Å². The maximum atomic E-state index is 12.5. The molecule has 4 atom stereocenters. The highest BCUT2D eigenvalue weighted by Gasteiger charge is 2.57. The summed E-state index contributed by atoms with van der Waals surface area (Å²) in [5.74, 6) is 0.177. The van der Waals surface area contributed by atoms with Crippen LogP contribution in [0.1, 0.15) is 57.9 Å². The van der Waals surface area contributed by atoms with Crippen LogP contribution in [0.4, 0.5) is 0 Å². The van der Waals surface area contributed by atoms with E-state index in [-0.39, 0.29) is 28.6 Å². The average Bonchev–Trinajstić information content (AvgIpc) is 3.13. The standard InChI is InChI=1S/C22H30O4/c1-16-5-8-20-21(3,15-26-17(2)24)10-4-11-22(20,14-23)19(16)7-6-18-9-12-25-13-18/h9,12-14,19-20H,1,4-8,10-11,15H2,2-3H3/t19-,20-,21?,22-/m1/s1. The Hall–Kier alpha value is -1.84. The second kappa shape index (κ2) is 7.42. The summed E-state index contributed by atoms with van der Waals surface area (Å²) in [6, 6.07) is 1.99. The molecule has 1 aromatic rings. The maximum Gasteiger partial charge on any atom is 0.302 e. The summed E-state index contributed by atoms with van der Waals surface area (Å²) >= 11 is 0. The molecule has 0 radical (unpaired) electrons. The van der Waals surface area contributed by atoms with Crippen LogP contribution in [0.25, 0.3) is 0 Å². The largest absolute Gasteiger partial charge is 0.472 e. The van der Waals surface area contributed by atoms with Gasteiger partial charge >= 0.3 is 5.97 Å². The number of fused-ring (bicyclic) bond motifs is 1. The lowest BCUT2D eigenvalue weighted by Crippen LogP contribution is -2.54. The van der Waals surface area contributed by atoms with E-state index < -0.39 is 0 Å². The molecular weight excluding hydrogens is 328 g/mol. The topological polar surface area (TPSA) is 56.5 Å². The molecule has 1 heterocycles. The van der Waals surface area contributed by atoms with Gasteiger partial charge in [0.15, 0.2) is 0 Å². The number of aldehydes is 1. The van der Waals surface area contributed by atoms with E-state index >= 15 is 0 Å². The van der Waals surface area contributed by atoms with Crippen molar-refractivity contribution in [2.45, 2.75) is 58.8 Å². The third-order valence-electron chi connectivity index (χ3n) is 6.87. The lowest BCUT2D eigenvalue weighted by atomic mass is 9.46. The van der Waals surface area contributed by atoms with Gasteiger partial charge < -0.3 is 13.9 Å². The molecule has 142 valence electrons. The minimum Gasteiger partial charge on any atom is -0.472 e. The normalized spacial score (nSPS) is 34.2. The molecule has 0 N–H and O–H groups in total. The van der Waals surface area contributed by atoms with Gasteiger partial charge in [-0.25, -0.2) is 0 Å². The Morgan fingerprint density at radius 3 is 2.92 bits per heavy atom. The predicted molar refractivity (Wildman–Crippen MR) is 99.5 cm³/mol. The molecule has 26 heavy (non-hydrogen) atoms. The highest BCUT2D eigenvalue weighted by Crippen LogP contribution is 2.61. The number of hydrogen-bond acceptors (Lipinski definition) is 4. The van der Waals surface area contributed by atoms with Crippen molar-refractivity contribution in [2.75, 3.05) is 6.61 Å². The lowest BCUT2D eigenvalue weighted by Gasteiger charge is -2.57. The van der Waals surface area contributed by atoms with E-state index in [2.05, 4.69) is 13.5 Å². The van der Waals surface area contributed by atoms with Crippen LogP contribution >= 0.6 is 0 Å². The highest BCUT2D eigenvalue weighted by atomic mass is 16.5. The zero-order valence-corrected chi connectivity index (χ0v) is 16.0. The fraction of sp³-hybridized carbons (Fsp3) is 0.636. The fourth-order valence-corrected chi connectivity index (χ4v) is 5.60. The third-order valence-corrected chi connectivity index (χ3v) is 6.87. The van der Waals surface area contributed by atoms with Gasteiger partial charge in [-0.05, 0) is 62.0 Å². The summed E-state index contributed by atoms with van der Waals surface area (Å²) in [5.41, 5.74) is 1.85. The zero-order chi connectivity index (χ0) is 18.8. The highest BCUT2D eigenvalue weighted by molar-refractivity contribution is 5.66. The first-order valence-electron chi connectivity index (χ1n) is 9.70. The molecule has 2 fully saturated rings. The van der Waals surface area contributed by atoms with Crippen LogP contribution in [0, 0.1) is 22.7 Å². The monoisotopic (exact) mass is 358 g/mol. The second-order valence-electron chi connectivity index (χ2n) is 8.49. The second-order valence-corrected chi connectivity index (χ2v) is 8.49. The van der Waals surface area contributed by atoms with Crippen LogP contribution in [-0.4, -0.2) is 18.9 Å². The van der Waals surface area contributed by atoms with Gasteiger partial charge in [-0.1, -0.05) is 25.5 Å². The first-order valence-corrected chi connectivity index (χ1v) is 9.70. The predicted octanol–water partition coefficient (Wildman–Crippen LogP) is 4.73. The van der Waals surface area contributed by atoms with E-state index in [4.69, 9.17) is 9.15 Å². The number of furan rings is 1. The van der Waals surface area contributed by atoms with Crippen molar-refractivity contribution in [3.05, 3.63) is 36.3 Å². The molecule has 0 saturated heterocycles. The summed E-state index contributed by atoms with van der Waals surface area (Å²) in [5, 5.41) is 0. The van der Waals surface area contributed by atoms with Crippen LogP contribution in [-0.2, 0) is 20.7 Å². The number of carbonyl (C=O) groups is 2. The molecule has 4 nitrogen and oxygen atoms in total. The Bertz CT molecular complexity index is 662. The van der Waals surface area contributed by atoms with Gasteiger partial charge in [0.05, 0.1) is 19.1 Å². The van der Waals surface area contributed by atoms with E-state index in [1.165, 1.54) is 24.3 Å². The van der Waals surface area contributed by atoms with Gasteiger partial charge in [0.25, 0.3) is 0 Å². The van der Waals surface area contributed by atoms with Gasteiger partial charge in [0.2, 0.25) is 0 Å². The average molecular weight is 358 g/mol. The molecular formula is C22H30O4. The van der Waals surface area contributed by atoms with E-state index in [1.54, 1.807) is 12.5 Å². The van der Waals surface area contributed by atoms with Crippen LogP contribution in [0.15, 0.2) is 35.2 Å². The minimum atomic E-state index is -0.383. The van der Waals surface area contributed by atoms with E-state index in [1.807, 2.05) is 6.07 Å². The summed E-state index contributed by atoms with van der Waals surface area (Å²) in [6.45, 7) is 8.39. The van der Waals surface area contributed by atoms with E-state index in [9.17, 15) is 9.59 Å². The number of esters is 1. The molecule has 0 aliphatic heterocycles. The Morgan fingerprint density at radius 2 is 2.27 bits per heavy atom. The third kappa shape index (κ3) is 3.38. The van der Waals surface area contributed by atoms with Gasteiger partial charge in [-0.3, -0.25) is 4.79 Å². The molecule has 0 amide bonds.